The van der Waals surface area contributed by atoms with E-state index < -0.39 is 46.0 Å². The Morgan fingerprint density at radius 1 is 1.08 bits per heavy atom. The zero-order valence-electron chi connectivity index (χ0n) is 12.9. The zero-order valence-corrected chi connectivity index (χ0v) is 13.6. The van der Waals surface area contributed by atoms with Gasteiger partial charge in [0, 0.05) is 11.8 Å². The molecule has 0 saturated carbocycles. The number of halogens is 7. The summed E-state index contributed by atoms with van der Waals surface area (Å²) < 4.78 is 82.0. The van der Waals surface area contributed by atoms with Gasteiger partial charge in [0.15, 0.2) is 5.82 Å². The Bertz CT molecular complexity index is 804. The molecule has 2 rings (SSSR count). The molecular formula is C15H9ClF6N2O2. The molecule has 0 aliphatic rings. The van der Waals surface area contributed by atoms with Crippen molar-refractivity contribution in [2.24, 2.45) is 0 Å². The van der Waals surface area contributed by atoms with E-state index in [4.69, 9.17) is 11.6 Å². The number of carbonyl (C=O) groups excluding carboxylic acids is 1. The zero-order chi connectivity index (χ0) is 19.7. The van der Waals surface area contributed by atoms with Gasteiger partial charge in [-0.15, -0.1) is 0 Å². The smallest absolute Gasteiger partial charge is 0.416 e. The Balaban J connectivity index is 2.57. The molecule has 1 heterocycles. The van der Waals surface area contributed by atoms with Gasteiger partial charge in [-0.05, 0) is 25.1 Å². The van der Waals surface area contributed by atoms with Crippen LogP contribution in [0.15, 0.2) is 24.4 Å². The first-order valence-corrected chi connectivity index (χ1v) is 7.30. The predicted octanol–water partition coefficient (Wildman–Crippen LogP) is 5.01. The molecular weight excluding hydrogens is 390 g/mol. The molecule has 0 N–H and O–H groups in total. The Labute approximate surface area is 147 Å². The maximum absolute atomic E-state index is 12.9. The second-order valence-electron chi connectivity index (χ2n) is 4.91. The normalized spacial score (nSPS) is 12.2. The monoisotopic (exact) mass is 398 g/mol. The first-order chi connectivity index (χ1) is 11.9. The lowest BCUT2D eigenvalue weighted by molar-refractivity contribution is -0.143. The van der Waals surface area contributed by atoms with Crippen LogP contribution in [-0.2, 0) is 17.1 Å². The van der Waals surface area contributed by atoms with Crippen molar-refractivity contribution in [1.82, 2.24) is 9.97 Å². The van der Waals surface area contributed by atoms with Crippen molar-refractivity contribution in [2.75, 3.05) is 6.61 Å². The third-order valence-corrected chi connectivity index (χ3v) is 3.37. The molecule has 0 aliphatic heterocycles. The van der Waals surface area contributed by atoms with Crippen LogP contribution >= 0.6 is 11.6 Å². The summed E-state index contributed by atoms with van der Waals surface area (Å²) in [6, 6.07) is 0.911. The van der Waals surface area contributed by atoms with Gasteiger partial charge in [-0.3, -0.25) is 0 Å². The first-order valence-electron chi connectivity index (χ1n) is 6.93. The fourth-order valence-corrected chi connectivity index (χ4v) is 2.14. The molecule has 0 atom stereocenters. The molecule has 0 fully saturated rings. The molecule has 2 aromatic rings. The number of nitrogens with zero attached hydrogens (tertiary/aromatic N) is 2. The van der Waals surface area contributed by atoms with E-state index in [0.717, 1.165) is 6.20 Å². The highest BCUT2D eigenvalue weighted by Gasteiger charge is 2.37. The summed E-state index contributed by atoms with van der Waals surface area (Å²) in [5.41, 5.74) is -3.85. The molecule has 0 amide bonds. The molecule has 26 heavy (non-hydrogen) atoms. The Hall–Kier alpha value is -2.36. The van der Waals surface area contributed by atoms with Crippen LogP contribution in [0, 0.1) is 0 Å². The predicted molar refractivity (Wildman–Crippen MR) is 78.4 cm³/mol. The van der Waals surface area contributed by atoms with E-state index in [1.807, 2.05) is 0 Å². The van der Waals surface area contributed by atoms with Gasteiger partial charge in [0.1, 0.15) is 10.7 Å². The van der Waals surface area contributed by atoms with E-state index in [2.05, 4.69) is 14.7 Å². The van der Waals surface area contributed by atoms with Gasteiger partial charge in [0.2, 0.25) is 0 Å². The van der Waals surface area contributed by atoms with Crippen LogP contribution in [0.3, 0.4) is 0 Å². The lowest BCUT2D eigenvalue weighted by Gasteiger charge is -2.14. The van der Waals surface area contributed by atoms with Crippen molar-refractivity contribution in [3.63, 3.8) is 0 Å². The number of benzene rings is 1. The van der Waals surface area contributed by atoms with Gasteiger partial charge in [-0.2, -0.15) is 26.3 Å². The summed E-state index contributed by atoms with van der Waals surface area (Å²) in [5, 5.41) is -0.459. The standard InChI is InChI=1S/C15H9ClF6N2O2/c1-2-26-13(25)10-6-23-12(24-11(10)16)7-3-8(14(17,18)19)5-9(4-7)15(20,21)22/h3-6H,2H2,1H3. The topological polar surface area (TPSA) is 52.1 Å². The molecule has 0 radical (unpaired) electrons. The maximum atomic E-state index is 12.9. The van der Waals surface area contributed by atoms with Crippen LogP contribution in [0.5, 0.6) is 0 Å². The number of rotatable bonds is 3. The molecule has 0 aliphatic carbocycles. The van der Waals surface area contributed by atoms with Crippen LogP contribution in [0.25, 0.3) is 11.4 Å². The molecule has 140 valence electrons. The Morgan fingerprint density at radius 3 is 2.04 bits per heavy atom. The summed E-state index contributed by atoms with van der Waals surface area (Å²) in [6.07, 6.45) is -9.15. The third-order valence-electron chi connectivity index (χ3n) is 3.08. The second-order valence-corrected chi connectivity index (χ2v) is 5.27. The number of carbonyl (C=O) groups is 1. The van der Waals surface area contributed by atoms with E-state index in [0.29, 0.717) is 12.1 Å². The average molecular weight is 399 g/mol. The SMILES string of the molecule is CCOC(=O)c1cnc(-c2cc(C(F)(F)F)cc(C(F)(F)F)c2)nc1Cl. The molecule has 1 aromatic heterocycles. The van der Waals surface area contributed by atoms with Crippen molar-refractivity contribution in [1.29, 1.82) is 0 Å². The number of esters is 1. The number of hydrogen-bond donors (Lipinski definition) is 0. The number of hydrogen-bond acceptors (Lipinski definition) is 4. The molecule has 4 nitrogen and oxygen atoms in total. The molecule has 0 spiro atoms. The minimum absolute atomic E-state index is 0.0158. The first kappa shape index (κ1) is 20.0. The summed E-state index contributed by atoms with van der Waals surface area (Å²) >= 11 is 5.77. The Kier molecular flexibility index (Phi) is 5.45. The summed E-state index contributed by atoms with van der Waals surface area (Å²) in [6.45, 7) is 1.56. The fourth-order valence-electron chi connectivity index (χ4n) is 1.93. The fraction of sp³-hybridized carbons (Fsp3) is 0.267. The maximum Gasteiger partial charge on any atom is 0.416 e. The van der Waals surface area contributed by atoms with Crippen LogP contribution < -0.4 is 0 Å². The highest BCUT2D eigenvalue weighted by Crippen LogP contribution is 2.38. The van der Waals surface area contributed by atoms with Crippen molar-refractivity contribution in [3.05, 3.63) is 46.2 Å². The molecule has 1 aromatic carbocycles. The van der Waals surface area contributed by atoms with Crippen LogP contribution in [-0.4, -0.2) is 22.5 Å². The Morgan fingerprint density at radius 2 is 1.62 bits per heavy atom. The quantitative estimate of drug-likeness (QED) is 0.414. The van der Waals surface area contributed by atoms with Crippen molar-refractivity contribution >= 4 is 17.6 Å². The number of aromatic nitrogens is 2. The van der Waals surface area contributed by atoms with Gasteiger partial charge in [-0.25, -0.2) is 14.8 Å². The van der Waals surface area contributed by atoms with E-state index in [1.165, 1.54) is 6.92 Å². The van der Waals surface area contributed by atoms with Gasteiger partial charge in [0.25, 0.3) is 0 Å². The lowest BCUT2D eigenvalue weighted by Crippen LogP contribution is -2.12. The molecule has 11 heteroatoms. The van der Waals surface area contributed by atoms with E-state index in [1.54, 1.807) is 0 Å². The van der Waals surface area contributed by atoms with Crippen LogP contribution in [0.4, 0.5) is 26.3 Å². The van der Waals surface area contributed by atoms with Gasteiger partial charge >= 0.3 is 18.3 Å². The highest BCUT2D eigenvalue weighted by molar-refractivity contribution is 6.32. The largest absolute Gasteiger partial charge is 0.462 e. The second kappa shape index (κ2) is 7.10. The van der Waals surface area contributed by atoms with Gasteiger partial charge < -0.3 is 4.74 Å². The van der Waals surface area contributed by atoms with E-state index in [9.17, 15) is 31.1 Å². The summed E-state index contributed by atoms with van der Waals surface area (Å²) in [5.74, 6) is -1.37. The minimum Gasteiger partial charge on any atom is -0.462 e. The number of ether oxygens (including phenoxy) is 1. The highest BCUT2D eigenvalue weighted by atomic mass is 35.5. The summed E-state index contributed by atoms with van der Waals surface area (Å²) in [4.78, 5) is 18.8. The minimum atomic E-state index is -5.01. The van der Waals surface area contributed by atoms with Crippen molar-refractivity contribution in [2.45, 2.75) is 19.3 Å². The summed E-state index contributed by atoms with van der Waals surface area (Å²) in [7, 11) is 0. The van der Waals surface area contributed by atoms with Crippen LogP contribution in [0.1, 0.15) is 28.4 Å². The molecule has 0 bridgehead atoms. The van der Waals surface area contributed by atoms with Gasteiger partial charge in [-0.1, -0.05) is 11.6 Å². The molecule has 0 saturated heterocycles. The third kappa shape index (κ3) is 4.43. The number of alkyl halides is 6. The van der Waals surface area contributed by atoms with E-state index in [-0.39, 0.29) is 18.2 Å². The van der Waals surface area contributed by atoms with Crippen molar-refractivity contribution < 1.29 is 35.9 Å². The van der Waals surface area contributed by atoms with Gasteiger partial charge in [0.05, 0.1) is 17.7 Å². The average Bonchev–Trinajstić information content (AvgIpc) is 2.52. The van der Waals surface area contributed by atoms with Crippen molar-refractivity contribution in [3.8, 4) is 11.4 Å². The molecule has 0 unspecified atom stereocenters. The lowest BCUT2D eigenvalue weighted by atomic mass is 10.0. The van der Waals surface area contributed by atoms with Crippen LogP contribution in [0.2, 0.25) is 5.15 Å². The van der Waals surface area contributed by atoms with E-state index >= 15 is 0 Å².